The lowest BCUT2D eigenvalue weighted by Gasteiger charge is -2.31. The maximum absolute atomic E-state index is 13.5. The lowest BCUT2D eigenvalue weighted by molar-refractivity contribution is 0.234. The highest BCUT2D eigenvalue weighted by Crippen LogP contribution is 2.23. The SMILES string of the molecule is CC(C)C(CO)N(C)c1ccc(F)cc1F. The summed E-state index contributed by atoms with van der Waals surface area (Å²) in [6.07, 6.45) is 0. The van der Waals surface area contributed by atoms with Gasteiger partial charge in [-0.3, -0.25) is 0 Å². The second kappa shape index (κ2) is 5.25. The molecule has 0 spiro atoms. The number of likely N-dealkylation sites (N-methyl/N-ethyl adjacent to an activating group) is 1. The van der Waals surface area contributed by atoms with Gasteiger partial charge in [-0.2, -0.15) is 0 Å². The lowest BCUT2D eigenvalue weighted by atomic mass is 10.0. The Labute approximate surface area is 94.5 Å². The van der Waals surface area contributed by atoms with Crippen molar-refractivity contribution in [3.05, 3.63) is 29.8 Å². The van der Waals surface area contributed by atoms with Crippen LogP contribution < -0.4 is 4.90 Å². The van der Waals surface area contributed by atoms with Crippen molar-refractivity contribution in [2.75, 3.05) is 18.6 Å². The Morgan fingerprint density at radius 2 is 1.94 bits per heavy atom. The van der Waals surface area contributed by atoms with E-state index >= 15 is 0 Å². The molecule has 0 aliphatic carbocycles. The minimum atomic E-state index is -0.610. The minimum Gasteiger partial charge on any atom is -0.394 e. The highest BCUT2D eigenvalue weighted by molar-refractivity contribution is 5.48. The first-order valence-corrected chi connectivity index (χ1v) is 5.26. The summed E-state index contributed by atoms with van der Waals surface area (Å²) in [7, 11) is 1.69. The molecule has 0 aromatic heterocycles. The Bertz CT molecular complexity index is 355. The van der Waals surface area contributed by atoms with Crippen molar-refractivity contribution in [3.63, 3.8) is 0 Å². The van der Waals surface area contributed by atoms with Gasteiger partial charge in [0.1, 0.15) is 11.6 Å². The molecule has 4 heteroatoms. The number of aliphatic hydroxyl groups excluding tert-OH is 1. The molecule has 16 heavy (non-hydrogen) atoms. The van der Waals surface area contributed by atoms with E-state index in [4.69, 9.17) is 0 Å². The van der Waals surface area contributed by atoms with Crippen LogP contribution in [-0.2, 0) is 0 Å². The van der Waals surface area contributed by atoms with Gasteiger partial charge in [0.15, 0.2) is 0 Å². The van der Waals surface area contributed by atoms with Gasteiger partial charge in [0.2, 0.25) is 0 Å². The highest BCUT2D eigenvalue weighted by atomic mass is 19.1. The molecular formula is C12H17F2NO. The fourth-order valence-electron chi connectivity index (χ4n) is 1.73. The molecule has 1 aromatic rings. The summed E-state index contributed by atoms with van der Waals surface area (Å²) in [5.74, 6) is -1.03. The Kier molecular flexibility index (Phi) is 4.24. The predicted molar refractivity (Wildman–Crippen MR) is 60.5 cm³/mol. The Balaban J connectivity index is 2.99. The van der Waals surface area contributed by atoms with Gasteiger partial charge < -0.3 is 10.0 Å². The van der Waals surface area contributed by atoms with Gasteiger partial charge in [-0.1, -0.05) is 13.8 Å². The fraction of sp³-hybridized carbons (Fsp3) is 0.500. The number of benzene rings is 1. The molecule has 0 saturated carbocycles. The normalized spacial score (nSPS) is 12.9. The lowest BCUT2D eigenvalue weighted by Crippen LogP contribution is -2.39. The second-order valence-corrected chi connectivity index (χ2v) is 4.20. The van der Waals surface area contributed by atoms with Crippen molar-refractivity contribution in [2.45, 2.75) is 19.9 Å². The van der Waals surface area contributed by atoms with E-state index in [0.29, 0.717) is 5.69 Å². The van der Waals surface area contributed by atoms with E-state index in [9.17, 15) is 13.9 Å². The van der Waals surface area contributed by atoms with Crippen LogP contribution in [0.2, 0.25) is 0 Å². The van der Waals surface area contributed by atoms with Gasteiger partial charge in [0, 0.05) is 13.1 Å². The molecule has 0 bridgehead atoms. The predicted octanol–water partition coefficient (Wildman–Crippen LogP) is 2.42. The monoisotopic (exact) mass is 229 g/mol. The first-order valence-electron chi connectivity index (χ1n) is 5.26. The van der Waals surface area contributed by atoms with Crippen LogP contribution in [0.4, 0.5) is 14.5 Å². The molecule has 0 fully saturated rings. The van der Waals surface area contributed by atoms with Gasteiger partial charge in [0.05, 0.1) is 18.3 Å². The number of hydrogen-bond donors (Lipinski definition) is 1. The van der Waals surface area contributed by atoms with Crippen LogP contribution >= 0.6 is 0 Å². The van der Waals surface area contributed by atoms with E-state index in [0.717, 1.165) is 6.07 Å². The third-order valence-electron chi connectivity index (χ3n) is 2.74. The van der Waals surface area contributed by atoms with E-state index in [-0.39, 0.29) is 18.6 Å². The largest absolute Gasteiger partial charge is 0.394 e. The Hall–Kier alpha value is -1.16. The van der Waals surface area contributed by atoms with Crippen LogP contribution in [0.5, 0.6) is 0 Å². The summed E-state index contributed by atoms with van der Waals surface area (Å²) < 4.78 is 26.2. The van der Waals surface area contributed by atoms with E-state index in [2.05, 4.69) is 0 Å². The molecule has 1 unspecified atom stereocenters. The number of halogens is 2. The third-order valence-corrected chi connectivity index (χ3v) is 2.74. The van der Waals surface area contributed by atoms with E-state index in [1.807, 2.05) is 13.8 Å². The first-order chi connectivity index (χ1) is 7.47. The van der Waals surface area contributed by atoms with Gasteiger partial charge in [-0.05, 0) is 18.1 Å². The number of aliphatic hydroxyl groups is 1. The number of nitrogens with zero attached hydrogens (tertiary/aromatic N) is 1. The summed E-state index contributed by atoms with van der Waals surface area (Å²) in [5.41, 5.74) is 0.300. The van der Waals surface area contributed by atoms with Crippen molar-refractivity contribution in [1.82, 2.24) is 0 Å². The molecule has 0 radical (unpaired) electrons. The highest BCUT2D eigenvalue weighted by Gasteiger charge is 2.20. The van der Waals surface area contributed by atoms with Crippen LogP contribution in [0.25, 0.3) is 0 Å². The quantitative estimate of drug-likeness (QED) is 0.857. The summed E-state index contributed by atoms with van der Waals surface area (Å²) in [6, 6.07) is 3.26. The topological polar surface area (TPSA) is 23.5 Å². The van der Waals surface area contributed by atoms with Crippen molar-refractivity contribution < 1.29 is 13.9 Å². The van der Waals surface area contributed by atoms with Crippen molar-refractivity contribution >= 4 is 5.69 Å². The van der Waals surface area contributed by atoms with Crippen LogP contribution in [0.3, 0.4) is 0 Å². The molecule has 1 rings (SSSR count). The third kappa shape index (κ3) is 2.70. The zero-order valence-corrected chi connectivity index (χ0v) is 9.74. The fourth-order valence-corrected chi connectivity index (χ4v) is 1.73. The second-order valence-electron chi connectivity index (χ2n) is 4.20. The number of anilines is 1. The van der Waals surface area contributed by atoms with Crippen LogP contribution in [-0.4, -0.2) is 24.8 Å². The van der Waals surface area contributed by atoms with Gasteiger partial charge in [-0.25, -0.2) is 8.78 Å². The molecule has 0 aliphatic rings. The molecule has 2 nitrogen and oxygen atoms in total. The van der Waals surface area contributed by atoms with E-state index in [1.165, 1.54) is 12.1 Å². The maximum atomic E-state index is 13.5. The average molecular weight is 229 g/mol. The summed E-state index contributed by atoms with van der Waals surface area (Å²) in [4.78, 5) is 1.64. The molecular weight excluding hydrogens is 212 g/mol. The van der Waals surface area contributed by atoms with Crippen LogP contribution in [0.1, 0.15) is 13.8 Å². The molecule has 1 aromatic carbocycles. The van der Waals surface area contributed by atoms with Crippen molar-refractivity contribution in [1.29, 1.82) is 0 Å². The standard InChI is InChI=1S/C12H17F2NO/c1-8(2)12(7-16)15(3)11-5-4-9(13)6-10(11)14/h4-6,8,12,16H,7H2,1-3H3. The van der Waals surface area contributed by atoms with Gasteiger partial charge >= 0.3 is 0 Å². The summed E-state index contributed by atoms with van der Waals surface area (Å²) in [6.45, 7) is 3.82. The molecule has 0 saturated heterocycles. The van der Waals surface area contributed by atoms with Crippen LogP contribution in [0, 0.1) is 17.6 Å². The van der Waals surface area contributed by atoms with Crippen LogP contribution in [0.15, 0.2) is 18.2 Å². The van der Waals surface area contributed by atoms with Crippen molar-refractivity contribution in [2.24, 2.45) is 5.92 Å². The number of hydrogen-bond acceptors (Lipinski definition) is 2. The summed E-state index contributed by atoms with van der Waals surface area (Å²) >= 11 is 0. The Morgan fingerprint density at radius 1 is 1.31 bits per heavy atom. The zero-order valence-electron chi connectivity index (χ0n) is 9.74. The first kappa shape index (κ1) is 12.9. The van der Waals surface area contributed by atoms with Gasteiger partial charge in [0.25, 0.3) is 0 Å². The molecule has 0 heterocycles. The molecule has 90 valence electrons. The maximum Gasteiger partial charge on any atom is 0.149 e. The molecule has 1 atom stereocenters. The molecule has 0 aliphatic heterocycles. The number of rotatable bonds is 4. The van der Waals surface area contributed by atoms with E-state index < -0.39 is 11.6 Å². The molecule has 0 amide bonds. The average Bonchev–Trinajstić information content (AvgIpc) is 2.17. The zero-order chi connectivity index (χ0) is 12.3. The Morgan fingerprint density at radius 3 is 2.38 bits per heavy atom. The smallest absolute Gasteiger partial charge is 0.149 e. The van der Waals surface area contributed by atoms with Crippen molar-refractivity contribution in [3.8, 4) is 0 Å². The van der Waals surface area contributed by atoms with Gasteiger partial charge in [-0.15, -0.1) is 0 Å². The molecule has 1 N–H and O–H groups in total. The minimum absolute atomic E-state index is 0.0645. The summed E-state index contributed by atoms with van der Waals surface area (Å²) in [5, 5.41) is 9.24. The van der Waals surface area contributed by atoms with E-state index in [1.54, 1.807) is 11.9 Å².